The van der Waals surface area contributed by atoms with Crippen LogP contribution in [0.15, 0.2) is 80.1 Å². The number of nitrogens with zero attached hydrogens (tertiary/aromatic N) is 2. The Labute approximate surface area is 322 Å². The first kappa shape index (κ1) is 37.0. The lowest BCUT2D eigenvalue weighted by Crippen LogP contribution is -2.40. The molecule has 14 heteroatoms. The van der Waals surface area contributed by atoms with Crippen molar-refractivity contribution in [2.45, 2.75) is 33.4 Å². The first-order valence-electron chi connectivity index (χ1n) is 15.1. The van der Waals surface area contributed by atoms with Crippen LogP contribution in [0.25, 0.3) is 6.08 Å². The van der Waals surface area contributed by atoms with Gasteiger partial charge in [0, 0.05) is 13.6 Å². The van der Waals surface area contributed by atoms with E-state index in [2.05, 4.69) is 61.1 Å². The molecular weight excluding hydrogens is 942 g/mol. The third-order valence-electron chi connectivity index (χ3n) is 7.29. The molecule has 4 aromatic rings. The number of carbonyl (C=O) groups excluding carboxylic acids is 2. The van der Waals surface area contributed by atoms with Crippen molar-refractivity contribution >= 4 is 90.5 Å². The lowest BCUT2D eigenvalue weighted by Gasteiger charge is -2.25. The SMILES string of the molecule is CCOC(=O)C1=C(C)N=c2s/c(=C/c3cc(I)cc(I)c3OCc3ccc(Br)cc3)c(=O)n2[C@H]1c1ccc(OCC(=O)OC)c(OCC)c1. The Hall–Kier alpha value is -3.22. The second-order valence-corrected chi connectivity index (χ2v) is 14.9. The highest BCUT2D eigenvalue weighted by molar-refractivity contribution is 14.1. The highest BCUT2D eigenvalue weighted by Gasteiger charge is 2.34. The smallest absolute Gasteiger partial charge is 0.343 e. The Bertz CT molecular complexity index is 2110. The third-order valence-corrected chi connectivity index (χ3v) is 10.2. The average molecular weight is 973 g/mol. The molecule has 1 aliphatic rings. The summed E-state index contributed by atoms with van der Waals surface area (Å²) < 4.78 is 32.8. The predicted molar refractivity (Wildman–Crippen MR) is 206 cm³/mol. The fourth-order valence-electron chi connectivity index (χ4n) is 5.10. The van der Waals surface area contributed by atoms with E-state index in [9.17, 15) is 14.4 Å². The zero-order chi connectivity index (χ0) is 35.2. The molecule has 2 heterocycles. The van der Waals surface area contributed by atoms with Gasteiger partial charge in [-0.2, -0.15) is 0 Å². The van der Waals surface area contributed by atoms with E-state index in [-0.39, 0.29) is 24.3 Å². The summed E-state index contributed by atoms with van der Waals surface area (Å²) in [6, 6.07) is 16.1. The lowest BCUT2D eigenvalue weighted by molar-refractivity contribution is -0.143. The van der Waals surface area contributed by atoms with Crippen LogP contribution in [0.4, 0.5) is 0 Å². The number of allylic oxidation sites excluding steroid dienone is 1. The van der Waals surface area contributed by atoms with Crippen LogP contribution in [0.2, 0.25) is 0 Å². The van der Waals surface area contributed by atoms with Crippen LogP contribution in [-0.4, -0.2) is 43.4 Å². The number of esters is 2. The number of halogens is 3. The normalized spacial score (nSPS) is 14.2. The quantitative estimate of drug-likeness (QED) is 0.120. The summed E-state index contributed by atoms with van der Waals surface area (Å²) in [4.78, 5) is 44.7. The fourth-order valence-corrected chi connectivity index (χ4v) is 8.45. The first-order valence-corrected chi connectivity index (χ1v) is 18.8. The molecule has 3 aromatic carbocycles. The van der Waals surface area contributed by atoms with Gasteiger partial charge in [-0.15, -0.1) is 0 Å². The van der Waals surface area contributed by atoms with Gasteiger partial charge in [0.15, 0.2) is 22.9 Å². The molecule has 0 aliphatic carbocycles. The van der Waals surface area contributed by atoms with Gasteiger partial charge >= 0.3 is 11.9 Å². The maximum Gasteiger partial charge on any atom is 0.343 e. The first-order chi connectivity index (χ1) is 23.5. The molecule has 0 radical (unpaired) electrons. The van der Waals surface area contributed by atoms with Gasteiger partial charge in [0.1, 0.15) is 12.4 Å². The maximum atomic E-state index is 14.4. The Morgan fingerprint density at radius 1 is 1.00 bits per heavy atom. The molecule has 0 N–H and O–H groups in total. The zero-order valence-corrected chi connectivity index (χ0v) is 33.6. The molecule has 256 valence electrons. The molecule has 0 saturated heterocycles. The van der Waals surface area contributed by atoms with E-state index in [1.807, 2.05) is 43.3 Å². The predicted octanol–water partition coefficient (Wildman–Crippen LogP) is 6.30. The Morgan fingerprint density at radius 2 is 1.76 bits per heavy atom. The van der Waals surface area contributed by atoms with E-state index in [1.165, 1.54) is 23.0 Å². The Morgan fingerprint density at radius 3 is 2.45 bits per heavy atom. The topological polar surface area (TPSA) is 115 Å². The van der Waals surface area contributed by atoms with E-state index in [0.29, 0.717) is 51.1 Å². The van der Waals surface area contributed by atoms with Crippen molar-refractivity contribution in [1.29, 1.82) is 0 Å². The number of ether oxygens (including phenoxy) is 5. The van der Waals surface area contributed by atoms with Gasteiger partial charge in [-0.05, 0) is 120 Å². The van der Waals surface area contributed by atoms with Gasteiger partial charge in [0.2, 0.25) is 0 Å². The molecule has 1 atom stereocenters. The molecule has 0 unspecified atom stereocenters. The Kier molecular flexibility index (Phi) is 12.6. The van der Waals surface area contributed by atoms with Crippen molar-refractivity contribution < 1.29 is 33.3 Å². The molecular formula is C35H31BrI2N2O8S. The minimum Gasteiger partial charge on any atom is -0.490 e. The van der Waals surface area contributed by atoms with Gasteiger partial charge < -0.3 is 23.7 Å². The minimum atomic E-state index is -0.879. The highest BCUT2D eigenvalue weighted by Crippen LogP contribution is 2.37. The van der Waals surface area contributed by atoms with E-state index in [1.54, 1.807) is 38.1 Å². The van der Waals surface area contributed by atoms with Gasteiger partial charge in [-0.25, -0.2) is 14.6 Å². The lowest BCUT2D eigenvalue weighted by atomic mass is 9.95. The molecule has 10 nitrogen and oxygen atoms in total. The van der Waals surface area contributed by atoms with Crippen LogP contribution >= 0.6 is 72.4 Å². The van der Waals surface area contributed by atoms with Crippen LogP contribution in [0.1, 0.15) is 43.5 Å². The number of methoxy groups -OCH3 is 1. The molecule has 0 saturated carbocycles. The Balaban J connectivity index is 1.64. The average Bonchev–Trinajstić information content (AvgIpc) is 3.37. The number of rotatable bonds is 12. The van der Waals surface area contributed by atoms with Gasteiger partial charge in [-0.3, -0.25) is 9.36 Å². The summed E-state index contributed by atoms with van der Waals surface area (Å²) in [5.41, 5.74) is 2.64. The summed E-state index contributed by atoms with van der Waals surface area (Å²) in [5.74, 6) is 0.170. The van der Waals surface area contributed by atoms with Crippen LogP contribution in [0.3, 0.4) is 0 Å². The summed E-state index contributed by atoms with van der Waals surface area (Å²) in [6.07, 6.45) is 1.81. The molecule has 1 aliphatic heterocycles. The van der Waals surface area contributed by atoms with Gasteiger partial charge in [-0.1, -0.05) is 45.5 Å². The maximum absolute atomic E-state index is 14.4. The van der Waals surface area contributed by atoms with Crippen molar-refractivity contribution in [2.75, 3.05) is 26.9 Å². The van der Waals surface area contributed by atoms with Crippen molar-refractivity contribution in [1.82, 2.24) is 4.57 Å². The van der Waals surface area contributed by atoms with Gasteiger partial charge in [0.25, 0.3) is 5.56 Å². The molecule has 49 heavy (non-hydrogen) atoms. The van der Waals surface area contributed by atoms with Crippen LogP contribution in [0.5, 0.6) is 17.2 Å². The van der Waals surface area contributed by atoms with Crippen LogP contribution in [0, 0.1) is 7.14 Å². The van der Waals surface area contributed by atoms with Crippen molar-refractivity contribution in [3.8, 4) is 17.2 Å². The number of benzene rings is 3. The summed E-state index contributed by atoms with van der Waals surface area (Å²) in [7, 11) is 1.27. The monoisotopic (exact) mass is 972 g/mol. The standard InChI is InChI=1S/C35H31BrI2N2O8S/c1-5-45-27-14-21(9-12-26(27)47-18-29(41)44-4)31-30(34(43)46-6-2)19(3)39-35-40(31)33(42)28(49-35)15-22-13-24(37)16-25(38)32(22)48-17-20-7-10-23(36)11-8-20/h7-16,31H,5-6,17-18H2,1-4H3/b28-15+/t31-/m0/s1. The van der Waals surface area contributed by atoms with E-state index >= 15 is 0 Å². The van der Waals surface area contributed by atoms with Crippen LogP contribution in [-0.2, 0) is 25.7 Å². The van der Waals surface area contributed by atoms with Crippen molar-refractivity contribution in [3.63, 3.8) is 0 Å². The molecule has 0 amide bonds. The molecule has 5 rings (SSSR count). The van der Waals surface area contributed by atoms with E-state index < -0.39 is 18.0 Å². The number of aromatic nitrogens is 1. The largest absolute Gasteiger partial charge is 0.490 e. The number of fused-ring (bicyclic) bond motifs is 1. The summed E-state index contributed by atoms with van der Waals surface area (Å²) in [5, 5.41) is 0. The summed E-state index contributed by atoms with van der Waals surface area (Å²) >= 11 is 9.18. The molecule has 1 aromatic heterocycles. The highest BCUT2D eigenvalue weighted by atomic mass is 127. The fraction of sp³-hybridized carbons (Fsp3) is 0.257. The molecule has 0 bridgehead atoms. The number of thiazole rings is 1. The number of hydrogen-bond acceptors (Lipinski definition) is 10. The van der Waals surface area contributed by atoms with E-state index in [4.69, 9.17) is 28.7 Å². The second kappa shape index (κ2) is 16.7. The van der Waals surface area contributed by atoms with Gasteiger partial charge in [0.05, 0.1) is 45.7 Å². The third kappa shape index (κ3) is 8.57. The summed E-state index contributed by atoms with van der Waals surface area (Å²) in [6.45, 7) is 5.74. The second-order valence-electron chi connectivity index (χ2n) is 10.5. The minimum absolute atomic E-state index is 0.144. The number of hydrogen-bond donors (Lipinski definition) is 0. The van der Waals surface area contributed by atoms with Crippen LogP contribution < -0.4 is 29.1 Å². The molecule has 0 fully saturated rings. The number of carbonyl (C=O) groups is 2. The van der Waals surface area contributed by atoms with E-state index in [0.717, 1.165) is 22.7 Å². The van der Waals surface area contributed by atoms with Crippen molar-refractivity contribution in [2.24, 2.45) is 4.99 Å². The van der Waals surface area contributed by atoms with Crippen molar-refractivity contribution in [3.05, 3.63) is 114 Å². The zero-order valence-electron chi connectivity index (χ0n) is 26.9. The molecule has 0 spiro atoms.